The number of rotatable bonds is 5. The van der Waals surface area contributed by atoms with Crippen LogP contribution in [0.3, 0.4) is 0 Å². The number of hydrogen-bond donors (Lipinski definition) is 3. The SMILES string of the molecule is CC1Cc2cc(/C(C=N)=C/NCCO)ccc2N(C)[C@H]1F. The highest BCUT2D eigenvalue weighted by Gasteiger charge is 2.29. The first-order valence-electron chi connectivity index (χ1n) is 7.13. The maximum atomic E-state index is 14.0. The van der Waals surface area contributed by atoms with Crippen LogP contribution in [0.25, 0.3) is 5.57 Å². The molecule has 1 aliphatic heterocycles. The monoisotopic (exact) mass is 291 g/mol. The quantitative estimate of drug-likeness (QED) is 0.443. The lowest BCUT2D eigenvalue weighted by Crippen LogP contribution is -2.38. The fraction of sp³-hybridized carbons (Fsp3) is 0.438. The van der Waals surface area contributed by atoms with E-state index in [0.717, 1.165) is 22.4 Å². The third kappa shape index (κ3) is 3.24. The van der Waals surface area contributed by atoms with Gasteiger partial charge in [-0.05, 0) is 29.7 Å². The molecule has 4 nitrogen and oxygen atoms in total. The van der Waals surface area contributed by atoms with E-state index in [1.165, 1.54) is 6.21 Å². The van der Waals surface area contributed by atoms with E-state index in [1.807, 2.05) is 25.1 Å². The number of anilines is 1. The van der Waals surface area contributed by atoms with Crippen LogP contribution in [-0.2, 0) is 6.42 Å². The van der Waals surface area contributed by atoms with Crippen LogP contribution in [0.5, 0.6) is 0 Å². The van der Waals surface area contributed by atoms with Gasteiger partial charge in [-0.15, -0.1) is 0 Å². The van der Waals surface area contributed by atoms with Crippen LogP contribution in [0, 0.1) is 11.3 Å². The molecule has 1 unspecified atom stereocenters. The molecule has 0 spiro atoms. The van der Waals surface area contributed by atoms with Gasteiger partial charge in [0.25, 0.3) is 0 Å². The van der Waals surface area contributed by atoms with Gasteiger partial charge in [-0.25, -0.2) is 4.39 Å². The Labute approximate surface area is 124 Å². The second-order valence-corrected chi connectivity index (χ2v) is 5.43. The summed E-state index contributed by atoms with van der Waals surface area (Å²) < 4.78 is 14.0. The van der Waals surface area contributed by atoms with Gasteiger partial charge in [0.15, 0.2) is 6.30 Å². The summed E-state index contributed by atoms with van der Waals surface area (Å²) in [5.41, 5.74) is 3.68. The lowest BCUT2D eigenvalue weighted by atomic mass is 9.91. The Balaban J connectivity index is 2.30. The highest BCUT2D eigenvalue weighted by atomic mass is 19.1. The minimum Gasteiger partial charge on any atom is -0.395 e. The Bertz CT molecular complexity index is 544. The Hall–Kier alpha value is -1.88. The molecule has 3 N–H and O–H groups in total. The second-order valence-electron chi connectivity index (χ2n) is 5.43. The van der Waals surface area contributed by atoms with Gasteiger partial charge in [-0.2, -0.15) is 0 Å². The van der Waals surface area contributed by atoms with Gasteiger partial charge >= 0.3 is 0 Å². The number of benzene rings is 1. The molecule has 1 aromatic rings. The van der Waals surface area contributed by atoms with Crippen molar-refractivity contribution in [3.05, 3.63) is 35.5 Å². The van der Waals surface area contributed by atoms with E-state index >= 15 is 0 Å². The third-order valence-electron chi connectivity index (χ3n) is 3.84. The number of allylic oxidation sites excluding steroid dienone is 1. The van der Waals surface area contributed by atoms with Gasteiger partial charge in [-0.3, -0.25) is 0 Å². The molecule has 1 aromatic carbocycles. The molecule has 5 heteroatoms. The van der Waals surface area contributed by atoms with Crippen LogP contribution in [0.15, 0.2) is 24.4 Å². The summed E-state index contributed by atoms with van der Waals surface area (Å²) in [5.74, 6) is -0.0438. The molecule has 1 aliphatic rings. The third-order valence-corrected chi connectivity index (χ3v) is 3.84. The molecule has 0 saturated heterocycles. The lowest BCUT2D eigenvalue weighted by molar-refractivity contribution is 0.228. The van der Waals surface area contributed by atoms with Crippen molar-refractivity contribution in [2.24, 2.45) is 5.92 Å². The minimum atomic E-state index is -0.952. The smallest absolute Gasteiger partial charge is 0.175 e. The van der Waals surface area contributed by atoms with Crippen molar-refractivity contribution in [3.8, 4) is 0 Å². The molecule has 2 rings (SSSR count). The number of halogens is 1. The molecule has 0 bridgehead atoms. The molecule has 0 aromatic heterocycles. The Morgan fingerprint density at radius 1 is 1.57 bits per heavy atom. The van der Waals surface area contributed by atoms with Gasteiger partial charge in [0.2, 0.25) is 0 Å². The van der Waals surface area contributed by atoms with Crippen LogP contribution in [-0.4, -0.2) is 37.8 Å². The molecule has 0 fully saturated rings. The summed E-state index contributed by atoms with van der Waals surface area (Å²) in [5, 5.41) is 19.2. The van der Waals surface area contributed by atoms with Gasteiger partial charge in [0.05, 0.1) is 6.61 Å². The predicted octanol–water partition coefficient (Wildman–Crippen LogP) is 2.18. The largest absolute Gasteiger partial charge is 0.395 e. The van der Waals surface area contributed by atoms with E-state index in [1.54, 1.807) is 18.1 Å². The summed E-state index contributed by atoms with van der Waals surface area (Å²) >= 11 is 0. The van der Waals surface area contributed by atoms with Crippen molar-refractivity contribution in [3.63, 3.8) is 0 Å². The van der Waals surface area contributed by atoms with Gasteiger partial charge in [0, 0.05) is 43.2 Å². The van der Waals surface area contributed by atoms with E-state index < -0.39 is 6.30 Å². The molecule has 21 heavy (non-hydrogen) atoms. The Kier molecular flexibility index (Phi) is 4.96. The van der Waals surface area contributed by atoms with Crippen molar-refractivity contribution in [2.75, 3.05) is 25.1 Å². The molecule has 114 valence electrons. The first kappa shape index (κ1) is 15.5. The molecular weight excluding hydrogens is 269 g/mol. The number of hydrogen-bond acceptors (Lipinski definition) is 4. The van der Waals surface area contributed by atoms with E-state index in [2.05, 4.69) is 5.32 Å². The zero-order chi connectivity index (χ0) is 15.4. The van der Waals surface area contributed by atoms with Crippen molar-refractivity contribution < 1.29 is 9.50 Å². The zero-order valence-electron chi connectivity index (χ0n) is 12.4. The van der Waals surface area contributed by atoms with E-state index in [4.69, 9.17) is 10.5 Å². The van der Waals surface area contributed by atoms with Crippen molar-refractivity contribution in [1.82, 2.24) is 5.32 Å². The van der Waals surface area contributed by atoms with Crippen LogP contribution in [0.4, 0.5) is 10.1 Å². The summed E-state index contributed by atoms with van der Waals surface area (Å²) in [4.78, 5) is 1.67. The second kappa shape index (κ2) is 6.72. The fourth-order valence-corrected chi connectivity index (χ4v) is 2.69. The predicted molar refractivity (Wildman–Crippen MR) is 84.5 cm³/mol. The first-order valence-corrected chi connectivity index (χ1v) is 7.13. The topological polar surface area (TPSA) is 59.4 Å². The number of aliphatic hydroxyl groups is 1. The maximum Gasteiger partial charge on any atom is 0.175 e. The number of aliphatic hydroxyl groups excluding tert-OH is 1. The van der Waals surface area contributed by atoms with Gasteiger partial charge < -0.3 is 20.7 Å². The molecule has 0 aliphatic carbocycles. The zero-order valence-corrected chi connectivity index (χ0v) is 12.4. The van der Waals surface area contributed by atoms with E-state index in [-0.39, 0.29) is 12.5 Å². The molecule has 0 amide bonds. The van der Waals surface area contributed by atoms with E-state index in [0.29, 0.717) is 13.0 Å². The number of nitrogens with one attached hydrogen (secondary N) is 2. The first-order chi connectivity index (χ1) is 10.1. The maximum absolute atomic E-state index is 14.0. The minimum absolute atomic E-state index is 0.0438. The van der Waals surface area contributed by atoms with Crippen LogP contribution in [0.1, 0.15) is 18.1 Å². The summed E-state index contributed by atoms with van der Waals surface area (Å²) in [7, 11) is 1.77. The molecular formula is C16H22FN3O. The molecule has 2 atom stereocenters. The molecule has 0 saturated carbocycles. The van der Waals surface area contributed by atoms with Crippen LogP contribution in [0.2, 0.25) is 0 Å². The lowest BCUT2D eigenvalue weighted by Gasteiger charge is -2.35. The Morgan fingerprint density at radius 3 is 3.00 bits per heavy atom. The summed E-state index contributed by atoms with van der Waals surface area (Å²) in [6.45, 7) is 2.41. The highest BCUT2D eigenvalue weighted by Crippen LogP contribution is 2.34. The van der Waals surface area contributed by atoms with Crippen molar-refractivity contribution >= 4 is 17.5 Å². The number of fused-ring (bicyclic) bond motifs is 1. The average Bonchev–Trinajstić information content (AvgIpc) is 2.49. The summed E-state index contributed by atoms with van der Waals surface area (Å²) in [6.07, 6.45) is 2.75. The average molecular weight is 291 g/mol. The normalized spacial score (nSPS) is 21.9. The highest BCUT2D eigenvalue weighted by molar-refractivity contribution is 6.08. The summed E-state index contributed by atoms with van der Waals surface area (Å²) in [6, 6.07) is 5.83. The number of nitrogens with zero attached hydrogens (tertiary/aromatic N) is 1. The van der Waals surface area contributed by atoms with Crippen LogP contribution < -0.4 is 10.2 Å². The van der Waals surface area contributed by atoms with Crippen molar-refractivity contribution in [2.45, 2.75) is 19.6 Å². The van der Waals surface area contributed by atoms with Crippen LogP contribution >= 0.6 is 0 Å². The Morgan fingerprint density at radius 2 is 2.33 bits per heavy atom. The van der Waals surface area contributed by atoms with E-state index in [9.17, 15) is 4.39 Å². The van der Waals surface area contributed by atoms with Gasteiger partial charge in [0.1, 0.15) is 0 Å². The van der Waals surface area contributed by atoms with Crippen molar-refractivity contribution in [1.29, 1.82) is 5.41 Å². The fourth-order valence-electron chi connectivity index (χ4n) is 2.69. The van der Waals surface area contributed by atoms with Gasteiger partial charge in [-0.1, -0.05) is 13.0 Å². The molecule has 0 radical (unpaired) electrons. The standard InChI is InChI=1S/C16H22FN3O/c1-11-7-13-8-12(14(9-18)10-19-5-6-21)3-4-15(13)20(2)16(11)17/h3-4,8-11,16,18-19,21H,5-7H2,1-2H3/b14-10+,18-9?/t11?,16-/m1/s1. The molecule has 1 heterocycles. The number of alkyl halides is 1.